The van der Waals surface area contributed by atoms with Crippen LogP contribution in [-0.2, 0) is 7.05 Å². The predicted molar refractivity (Wildman–Crippen MR) is 90.7 cm³/mol. The van der Waals surface area contributed by atoms with Gasteiger partial charge in [-0.3, -0.25) is 9.36 Å². The van der Waals surface area contributed by atoms with Gasteiger partial charge in [0.2, 0.25) is 0 Å². The molecule has 0 atom stereocenters. The van der Waals surface area contributed by atoms with Crippen LogP contribution in [0.15, 0.2) is 53.7 Å². The monoisotopic (exact) mass is 303 g/mol. The van der Waals surface area contributed by atoms with Crippen molar-refractivity contribution in [2.75, 3.05) is 0 Å². The van der Waals surface area contributed by atoms with E-state index in [0.29, 0.717) is 5.82 Å². The van der Waals surface area contributed by atoms with Gasteiger partial charge in [0.15, 0.2) is 5.82 Å². The van der Waals surface area contributed by atoms with Crippen molar-refractivity contribution in [3.8, 4) is 17.5 Å². The van der Waals surface area contributed by atoms with Gasteiger partial charge in [-0.25, -0.2) is 4.98 Å². The fourth-order valence-electron chi connectivity index (χ4n) is 2.37. The SMILES string of the molecule is Cc1ccc(C#Cc2nccn2-c2ccn(C)c(=O)c2)c(C)c1. The molecule has 3 aromatic rings. The molecule has 0 saturated carbocycles. The number of pyridine rings is 1. The summed E-state index contributed by atoms with van der Waals surface area (Å²) in [6.07, 6.45) is 5.23. The van der Waals surface area contributed by atoms with E-state index in [-0.39, 0.29) is 5.56 Å². The first-order chi connectivity index (χ1) is 11.0. The first-order valence-corrected chi connectivity index (χ1v) is 7.34. The van der Waals surface area contributed by atoms with E-state index in [0.717, 1.165) is 16.8 Å². The molecule has 4 nitrogen and oxygen atoms in total. The highest BCUT2D eigenvalue weighted by Crippen LogP contribution is 2.10. The Morgan fingerprint density at radius 2 is 1.87 bits per heavy atom. The second-order valence-corrected chi connectivity index (χ2v) is 5.52. The molecule has 0 radical (unpaired) electrons. The number of aryl methyl sites for hydroxylation is 3. The third kappa shape index (κ3) is 3.09. The number of nitrogens with zero attached hydrogens (tertiary/aromatic N) is 3. The Hall–Kier alpha value is -3.06. The van der Waals surface area contributed by atoms with Crippen LogP contribution in [0, 0.1) is 25.7 Å². The molecular weight excluding hydrogens is 286 g/mol. The van der Waals surface area contributed by atoms with E-state index in [1.807, 2.05) is 29.7 Å². The van der Waals surface area contributed by atoms with Crippen molar-refractivity contribution in [3.63, 3.8) is 0 Å². The second-order valence-electron chi connectivity index (χ2n) is 5.52. The van der Waals surface area contributed by atoms with E-state index < -0.39 is 0 Å². The number of hydrogen-bond donors (Lipinski definition) is 0. The molecule has 3 rings (SSSR count). The van der Waals surface area contributed by atoms with Crippen molar-refractivity contribution in [2.24, 2.45) is 7.05 Å². The number of rotatable bonds is 1. The van der Waals surface area contributed by atoms with Crippen LogP contribution < -0.4 is 5.56 Å². The Bertz CT molecular complexity index is 984. The number of hydrogen-bond acceptors (Lipinski definition) is 2. The summed E-state index contributed by atoms with van der Waals surface area (Å²) in [6.45, 7) is 4.11. The molecule has 0 N–H and O–H groups in total. The summed E-state index contributed by atoms with van der Waals surface area (Å²) in [6, 6.07) is 9.61. The standard InChI is InChI=1S/C19H17N3O/c1-14-4-5-16(15(2)12-14)6-7-18-20-9-11-22(18)17-8-10-21(3)19(23)13-17/h4-5,8-13H,1-3H3. The summed E-state index contributed by atoms with van der Waals surface area (Å²) >= 11 is 0. The topological polar surface area (TPSA) is 39.8 Å². The zero-order valence-electron chi connectivity index (χ0n) is 13.4. The minimum Gasteiger partial charge on any atom is -0.318 e. The fourth-order valence-corrected chi connectivity index (χ4v) is 2.37. The van der Waals surface area contributed by atoms with Crippen molar-refractivity contribution in [2.45, 2.75) is 13.8 Å². The van der Waals surface area contributed by atoms with Crippen LogP contribution in [0.1, 0.15) is 22.5 Å². The zero-order chi connectivity index (χ0) is 16.4. The van der Waals surface area contributed by atoms with Gasteiger partial charge in [0, 0.05) is 37.3 Å². The van der Waals surface area contributed by atoms with Gasteiger partial charge >= 0.3 is 0 Å². The van der Waals surface area contributed by atoms with Crippen LogP contribution in [-0.4, -0.2) is 14.1 Å². The Labute approximate surface area is 135 Å². The first kappa shape index (κ1) is 14.9. The Balaban J connectivity index is 2.01. The summed E-state index contributed by atoms with van der Waals surface area (Å²) in [5, 5.41) is 0. The third-order valence-corrected chi connectivity index (χ3v) is 3.70. The highest BCUT2D eigenvalue weighted by molar-refractivity contribution is 5.46. The molecule has 0 amide bonds. The maximum atomic E-state index is 11.8. The fraction of sp³-hybridized carbons (Fsp3) is 0.158. The van der Waals surface area contributed by atoms with Crippen LogP contribution in [0.25, 0.3) is 5.69 Å². The minimum atomic E-state index is -0.0653. The molecule has 0 fully saturated rings. The van der Waals surface area contributed by atoms with E-state index >= 15 is 0 Å². The summed E-state index contributed by atoms with van der Waals surface area (Å²) < 4.78 is 3.35. The molecule has 0 unspecified atom stereocenters. The molecular formula is C19H17N3O. The third-order valence-electron chi connectivity index (χ3n) is 3.70. The predicted octanol–water partition coefficient (Wildman–Crippen LogP) is 2.59. The molecule has 0 aliphatic heterocycles. The van der Waals surface area contributed by atoms with Crippen molar-refractivity contribution >= 4 is 0 Å². The molecule has 23 heavy (non-hydrogen) atoms. The highest BCUT2D eigenvalue weighted by Gasteiger charge is 2.04. The summed E-state index contributed by atoms with van der Waals surface area (Å²) in [7, 11) is 1.72. The molecule has 2 heterocycles. The van der Waals surface area contributed by atoms with Crippen LogP contribution >= 0.6 is 0 Å². The Morgan fingerprint density at radius 3 is 2.61 bits per heavy atom. The van der Waals surface area contributed by atoms with Gasteiger partial charge in [0.1, 0.15) is 0 Å². The lowest BCUT2D eigenvalue weighted by atomic mass is 10.1. The lowest BCUT2D eigenvalue weighted by Gasteiger charge is -2.04. The van der Waals surface area contributed by atoms with Gasteiger partial charge in [-0.2, -0.15) is 0 Å². The lowest BCUT2D eigenvalue weighted by molar-refractivity contribution is 0.850. The Kier molecular flexibility index (Phi) is 3.86. The average molecular weight is 303 g/mol. The van der Waals surface area contributed by atoms with Gasteiger partial charge in [-0.05, 0) is 37.5 Å². The lowest BCUT2D eigenvalue weighted by Crippen LogP contribution is -2.15. The smallest absolute Gasteiger partial charge is 0.252 e. The molecule has 0 aliphatic carbocycles. The molecule has 4 heteroatoms. The van der Waals surface area contributed by atoms with Gasteiger partial charge in [0.25, 0.3) is 5.56 Å². The largest absolute Gasteiger partial charge is 0.318 e. The van der Waals surface area contributed by atoms with Crippen molar-refractivity contribution in [3.05, 3.63) is 81.8 Å². The second kappa shape index (κ2) is 5.98. The van der Waals surface area contributed by atoms with Crippen LogP contribution in [0.2, 0.25) is 0 Å². The van der Waals surface area contributed by atoms with E-state index in [2.05, 4.69) is 29.8 Å². The quantitative estimate of drug-likeness (QED) is 0.648. The molecule has 1 aromatic carbocycles. The van der Waals surface area contributed by atoms with E-state index in [9.17, 15) is 4.79 Å². The van der Waals surface area contributed by atoms with E-state index in [1.54, 1.807) is 31.7 Å². The molecule has 0 aliphatic rings. The van der Waals surface area contributed by atoms with Gasteiger partial charge < -0.3 is 4.57 Å². The highest BCUT2D eigenvalue weighted by atomic mass is 16.1. The molecule has 0 saturated heterocycles. The molecule has 2 aromatic heterocycles. The van der Waals surface area contributed by atoms with Crippen molar-refractivity contribution in [1.29, 1.82) is 0 Å². The van der Waals surface area contributed by atoms with Crippen LogP contribution in [0.5, 0.6) is 0 Å². The van der Waals surface area contributed by atoms with Crippen molar-refractivity contribution in [1.82, 2.24) is 14.1 Å². The van der Waals surface area contributed by atoms with E-state index in [4.69, 9.17) is 0 Å². The summed E-state index contributed by atoms with van der Waals surface area (Å²) in [4.78, 5) is 16.1. The van der Waals surface area contributed by atoms with Crippen LogP contribution in [0.4, 0.5) is 0 Å². The minimum absolute atomic E-state index is 0.0653. The maximum absolute atomic E-state index is 11.8. The number of imidazole rings is 1. The zero-order valence-corrected chi connectivity index (χ0v) is 13.4. The first-order valence-electron chi connectivity index (χ1n) is 7.34. The number of benzene rings is 1. The van der Waals surface area contributed by atoms with Gasteiger partial charge in [-0.1, -0.05) is 23.6 Å². The summed E-state index contributed by atoms with van der Waals surface area (Å²) in [5.74, 6) is 6.87. The molecule has 0 bridgehead atoms. The van der Waals surface area contributed by atoms with Gasteiger partial charge in [0.05, 0.1) is 5.69 Å². The van der Waals surface area contributed by atoms with Gasteiger partial charge in [-0.15, -0.1) is 0 Å². The summed E-state index contributed by atoms with van der Waals surface area (Å²) in [5.41, 5.74) is 4.04. The van der Waals surface area contributed by atoms with Crippen LogP contribution in [0.3, 0.4) is 0 Å². The number of aromatic nitrogens is 3. The molecule has 0 spiro atoms. The average Bonchev–Trinajstić information content (AvgIpc) is 2.98. The molecule has 114 valence electrons. The van der Waals surface area contributed by atoms with Crippen molar-refractivity contribution < 1.29 is 0 Å². The Morgan fingerprint density at radius 1 is 1.04 bits per heavy atom. The van der Waals surface area contributed by atoms with E-state index in [1.165, 1.54) is 10.1 Å². The maximum Gasteiger partial charge on any atom is 0.252 e. The normalized spacial score (nSPS) is 10.2.